The molecule has 0 spiro atoms. The number of benzene rings is 1. The topological polar surface area (TPSA) is 94.5 Å². The summed E-state index contributed by atoms with van der Waals surface area (Å²) in [4.78, 5) is 2.09. The van der Waals surface area contributed by atoms with Crippen LogP contribution in [0.2, 0.25) is 0 Å². The molecule has 0 aliphatic carbocycles. The van der Waals surface area contributed by atoms with Crippen LogP contribution in [-0.4, -0.2) is 82.0 Å². The third-order valence-electron chi connectivity index (χ3n) is 5.08. The monoisotopic (exact) mass is 385 g/mol. The SMILES string of the molecule is Cc1ccc(S(=O)(=O)O[C@H]2[C@H]3OC[C@H](O3)[C@@H](N3CCOCC3)[C@H]2O)cc1. The molecule has 1 aromatic carbocycles. The van der Waals surface area contributed by atoms with E-state index in [9.17, 15) is 13.5 Å². The summed E-state index contributed by atoms with van der Waals surface area (Å²) in [5, 5.41) is 10.9. The van der Waals surface area contributed by atoms with Gasteiger partial charge in [0.15, 0.2) is 12.4 Å². The Kier molecular flexibility index (Phi) is 5.04. The zero-order chi connectivity index (χ0) is 18.3. The van der Waals surface area contributed by atoms with Crippen molar-refractivity contribution in [3.05, 3.63) is 29.8 Å². The number of aryl methyl sites for hydroxylation is 1. The highest BCUT2D eigenvalue weighted by molar-refractivity contribution is 7.86. The molecule has 3 aliphatic heterocycles. The number of morpholine rings is 1. The molecule has 144 valence electrons. The van der Waals surface area contributed by atoms with Crippen LogP contribution in [0.4, 0.5) is 0 Å². The van der Waals surface area contributed by atoms with Crippen molar-refractivity contribution >= 4 is 10.1 Å². The Morgan fingerprint density at radius 2 is 1.88 bits per heavy atom. The molecule has 8 nitrogen and oxygen atoms in total. The highest BCUT2D eigenvalue weighted by Gasteiger charge is 2.54. The standard InChI is InChI=1S/C17H23NO7S/c1-11-2-4-12(5-3-11)26(20,21)25-16-15(19)14(13-10-23-17(16)24-13)18-6-8-22-9-7-18/h2-5,13-17,19H,6-10H2,1H3/t13-,14+,15+,16+,17-/m0/s1. The Morgan fingerprint density at radius 1 is 1.19 bits per heavy atom. The van der Waals surface area contributed by atoms with Crippen LogP contribution in [0.15, 0.2) is 29.2 Å². The minimum absolute atomic E-state index is 0.0401. The lowest BCUT2D eigenvalue weighted by Gasteiger charge is -2.44. The van der Waals surface area contributed by atoms with Crippen molar-refractivity contribution < 1.29 is 31.9 Å². The summed E-state index contributed by atoms with van der Waals surface area (Å²) >= 11 is 0. The maximum atomic E-state index is 12.6. The molecule has 1 N–H and O–H groups in total. The van der Waals surface area contributed by atoms with Crippen LogP contribution in [0.3, 0.4) is 0 Å². The van der Waals surface area contributed by atoms with E-state index in [0.717, 1.165) is 5.56 Å². The van der Waals surface area contributed by atoms with E-state index in [2.05, 4.69) is 4.90 Å². The van der Waals surface area contributed by atoms with Gasteiger partial charge in [0.05, 0.1) is 30.8 Å². The highest BCUT2D eigenvalue weighted by Crippen LogP contribution is 2.34. The lowest BCUT2D eigenvalue weighted by molar-refractivity contribution is -0.211. The van der Waals surface area contributed by atoms with Crippen molar-refractivity contribution in [2.24, 2.45) is 0 Å². The first-order valence-electron chi connectivity index (χ1n) is 8.72. The molecule has 0 radical (unpaired) electrons. The number of aliphatic hydroxyl groups excluding tert-OH is 1. The number of rotatable bonds is 4. The van der Waals surface area contributed by atoms with Crippen molar-refractivity contribution in [3.8, 4) is 0 Å². The summed E-state index contributed by atoms with van der Waals surface area (Å²) in [6.45, 7) is 4.58. The Morgan fingerprint density at radius 3 is 2.58 bits per heavy atom. The van der Waals surface area contributed by atoms with Gasteiger partial charge in [0.2, 0.25) is 0 Å². The molecule has 9 heteroatoms. The number of ether oxygens (including phenoxy) is 3. The first-order valence-corrected chi connectivity index (χ1v) is 10.1. The van der Waals surface area contributed by atoms with Gasteiger partial charge in [0.25, 0.3) is 10.1 Å². The van der Waals surface area contributed by atoms with Gasteiger partial charge in [0.1, 0.15) is 12.2 Å². The molecule has 1 aromatic rings. The molecule has 3 fully saturated rings. The molecular weight excluding hydrogens is 362 g/mol. The van der Waals surface area contributed by atoms with Gasteiger partial charge in [-0.15, -0.1) is 0 Å². The molecule has 0 saturated carbocycles. The fourth-order valence-corrected chi connectivity index (χ4v) is 4.78. The van der Waals surface area contributed by atoms with Crippen molar-refractivity contribution in [2.45, 2.75) is 42.5 Å². The molecule has 3 aliphatic rings. The molecular formula is C17H23NO7S. The largest absolute Gasteiger partial charge is 0.388 e. The average Bonchev–Trinajstić information content (AvgIpc) is 3.06. The first kappa shape index (κ1) is 18.3. The van der Waals surface area contributed by atoms with Gasteiger partial charge < -0.3 is 19.3 Å². The Bertz CT molecular complexity index is 732. The van der Waals surface area contributed by atoms with Gasteiger partial charge in [-0.25, -0.2) is 0 Å². The number of aliphatic hydroxyl groups is 1. The number of nitrogens with zero attached hydrogens (tertiary/aromatic N) is 1. The van der Waals surface area contributed by atoms with Crippen LogP contribution in [0, 0.1) is 6.92 Å². The van der Waals surface area contributed by atoms with Gasteiger partial charge in [-0.05, 0) is 19.1 Å². The molecule has 5 atom stereocenters. The van der Waals surface area contributed by atoms with Crippen molar-refractivity contribution in [1.29, 1.82) is 0 Å². The molecule has 0 unspecified atom stereocenters. The second kappa shape index (κ2) is 7.16. The molecule has 4 rings (SSSR count). The van der Waals surface area contributed by atoms with Gasteiger partial charge in [-0.2, -0.15) is 8.42 Å². The maximum Gasteiger partial charge on any atom is 0.297 e. The van der Waals surface area contributed by atoms with Crippen LogP contribution >= 0.6 is 0 Å². The van der Waals surface area contributed by atoms with E-state index in [1.54, 1.807) is 12.1 Å². The zero-order valence-electron chi connectivity index (χ0n) is 14.5. The zero-order valence-corrected chi connectivity index (χ0v) is 15.3. The first-order chi connectivity index (χ1) is 12.5. The average molecular weight is 385 g/mol. The third kappa shape index (κ3) is 3.40. The number of hydrogen-bond donors (Lipinski definition) is 1. The van der Waals surface area contributed by atoms with Crippen LogP contribution in [0.1, 0.15) is 5.56 Å². The Balaban J connectivity index is 1.56. The lowest BCUT2D eigenvalue weighted by atomic mass is 9.96. The van der Waals surface area contributed by atoms with Crippen molar-refractivity contribution in [1.82, 2.24) is 4.90 Å². The molecule has 0 amide bonds. The van der Waals surface area contributed by atoms with E-state index >= 15 is 0 Å². The molecule has 26 heavy (non-hydrogen) atoms. The third-order valence-corrected chi connectivity index (χ3v) is 6.41. The van der Waals surface area contributed by atoms with E-state index in [4.69, 9.17) is 18.4 Å². The van der Waals surface area contributed by atoms with Crippen LogP contribution in [0.25, 0.3) is 0 Å². The molecule has 0 aromatic heterocycles. The minimum atomic E-state index is -4.05. The summed E-state index contributed by atoms with van der Waals surface area (Å²) in [5.41, 5.74) is 0.944. The van der Waals surface area contributed by atoms with Crippen LogP contribution < -0.4 is 0 Å². The highest BCUT2D eigenvalue weighted by atomic mass is 32.2. The van der Waals surface area contributed by atoms with E-state index in [1.807, 2.05) is 6.92 Å². The minimum Gasteiger partial charge on any atom is -0.388 e. The van der Waals surface area contributed by atoms with E-state index in [1.165, 1.54) is 12.1 Å². The summed E-state index contributed by atoms with van der Waals surface area (Å²) in [7, 11) is -4.05. The van der Waals surface area contributed by atoms with Gasteiger partial charge in [0, 0.05) is 13.1 Å². The van der Waals surface area contributed by atoms with Gasteiger partial charge in [-0.3, -0.25) is 9.08 Å². The van der Waals surface area contributed by atoms with Crippen molar-refractivity contribution in [2.75, 3.05) is 32.9 Å². The molecule has 2 bridgehead atoms. The fraction of sp³-hybridized carbons (Fsp3) is 0.647. The normalized spacial score (nSPS) is 35.5. The quantitative estimate of drug-likeness (QED) is 0.718. The van der Waals surface area contributed by atoms with Crippen LogP contribution in [0.5, 0.6) is 0 Å². The smallest absolute Gasteiger partial charge is 0.297 e. The fourth-order valence-electron chi connectivity index (χ4n) is 3.70. The summed E-state index contributed by atoms with van der Waals surface area (Å²) in [5.74, 6) is 0. The summed E-state index contributed by atoms with van der Waals surface area (Å²) in [6, 6.07) is 5.97. The second-order valence-electron chi connectivity index (χ2n) is 6.83. The molecule has 3 saturated heterocycles. The second-order valence-corrected chi connectivity index (χ2v) is 8.41. The van der Waals surface area contributed by atoms with Crippen LogP contribution in [-0.2, 0) is 28.5 Å². The van der Waals surface area contributed by atoms with Gasteiger partial charge in [-0.1, -0.05) is 17.7 Å². The van der Waals surface area contributed by atoms with E-state index < -0.39 is 34.7 Å². The summed E-state index contributed by atoms with van der Waals surface area (Å²) in [6.07, 6.45) is -3.37. The number of hydrogen-bond acceptors (Lipinski definition) is 8. The lowest BCUT2D eigenvalue weighted by Crippen LogP contribution is -2.63. The molecule has 3 heterocycles. The Labute approximate surface area is 152 Å². The predicted octanol–water partition coefficient (Wildman–Crippen LogP) is -0.114. The predicted molar refractivity (Wildman–Crippen MR) is 90.0 cm³/mol. The maximum absolute atomic E-state index is 12.6. The van der Waals surface area contributed by atoms with Gasteiger partial charge >= 0.3 is 0 Å². The summed E-state index contributed by atoms with van der Waals surface area (Å²) < 4.78 is 47.4. The van der Waals surface area contributed by atoms with Crippen molar-refractivity contribution in [3.63, 3.8) is 0 Å². The van der Waals surface area contributed by atoms with E-state index in [-0.39, 0.29) is 11.0 Å². The Hall–Kier alpha value is -1.07. The number of fused-ring (bicyclic) bond motifs is 2. The van der Waals surface area contributed by atoms with E-state index in [0.29, 0.717) is 32.9 Å².